The molecule has 2 aromatic heterocycles. The van der Waals surface area contributed by atoms with Crippen molar-refractivity contribution in [1.29, 1.82) is 0 Å². The highest BCUT2D eigenvalue weighted by molar-refractivity contribution is 7.19. The monoisotopic (exact) mass is 300 g/mol. The van der Waals surface area contributed by atoms with Gasteiger partial charge in [-0.25, -0.2) is 9.78 Å². The van der Waals surface area contributed by atoms with Crippen molar-refractivity contribution in [3.05, 3.63) is 47.1 Å². The summed E-state index contributed by atoms with van der Waals surface area (Å²) in [5.74, 6) is -0.278. The van der Waals surface area contributed by atoms with Crippen molar-refractivity contribution < 1.29 is 9.53 Å². The smallest absolute Gasteiger partial charge is 0.350 e. The Labute approximate surface area is 127 Å². The van der Waals surface area contributed by atoms with E-state index in [0.717, 1.165) is 21.9 Å². The molecule has 1 aromatic carbocycles. The highest BCUT2D eigenvalue weighted by Crippen LogP contribution is 2.27. The van der Waals surface area contributed by atoms with Gasteiger partial charge in [-0.2, -0.15) is 0 Å². The minimum Gasteiger partial charge on any atom is -0.459 e. The van der Waals surface area contributed by atoms with Gasteiger partial charge in [0.15, 0.2) is 4.96 Å². The number of rotatable bonds is 3. The number of carbonyl (C=O) groups is 1. The maximum absolute atomic E-state index is 12.0. The number of hydrogen-bond acceptors (Lipinski definition) is 4. The van der Waals surface area contributed by atoms with Crippen LogP contribution in [0.15, 0.2) is 36.5 Å². The van der Waals surface area contributed by atoms with Crippen molar-refractivity contribution in [3.63, 3.8) is 0 Å². The normalized spacial score (nSPS) is 11.2. The maximum Gasteiger partial charge on any atom is 0.350 e. The van der Waals surface area contributed by atoms with Gasteiger partial charge in [0, 0.05) is 17.5 Å². The Bertz CT molecular complexity index is 787. The molecule has 0 saturated carbocycles. The number of aromatic nitrogens is 2. The van der Waals surface area contributed by atoms with E-state index >= 15 is 0 Å². The van der Waals surface area contributed by atoms with Crippen LogP contribution in [0.1, 0.15) is 29.2 Å². The van der Waals surface area contributed by atoms with Crippen LogP contribution in [-0.2, 0) is 4.74 Å². The lowest BCUT2D eigenvalue weighted by Gasteiger charge is -2.06. The Hall–Kier alpha value is -2.14. The first-order valence-corrected chi connectivity index (χ1v) is 7.63. The van der Waals surface area contributed by atoms with E-state index in [-0.39, 0.29) is 12.1 Å². The molecule has 0 atom stereocenters. The van der Waals surface area contributed by atoms with Gasteiger partial charge in [-0.1, -0.05) is 41.7 Å². The summed E-state index contributed by atoms with van der Waals surface area (Å²) in [6.07, 6.45) is 1.84. The van der Waals surface area contributed by atoms with E-state index in [2.05, 4.69) is 4.98 Å². The Morgan fingerprint density at radius 2 is 2.00 bits per heavy atom. The first-order valence-electron chi connectivity index (χ1n) is 6.81. The van der Waals surface area contributed by atoms with Crippen LogP contribution in [0, 0.1) is 6.92 Å². The molecule has 0 aliphatic carbocycles. The van der Waals surface area contributed by atoms with Crippen molar-refractivity contribution in [2.75, 3.05) is 0 Å². The first kappa shape index (κ1) is 13.8. The lowest BCUT2D eigenvalue weighted by atomic mass is 10.2. The number of ether oxygens (including phenoxy) is 1. The fourth-order valence-corrected chi connectivity index (χ4v) is 3.15. The van der Waals surface area contributed by atoms with Crippen LogP contribution in [0.25, 0.3) is 16.2 Å². The highest BCUT2D eigenvalue weighted by Gasteiger charge is 2.19. The quantitative estimate of drug-likeness (QED) is 0.688. The van der Waals surface area contributed by atoms with Crippen molar-refractivity contribution in [3.8, 4) is 11.3 Å². The van der Waals surface area contributed by atoms with E-state index in [1.54, 1.807) is 0 Å². The van der Waals surface area contributed by atoms with Crippen LogP contribution < -0.4 is 0 Å². The summed E-state index contributed by atoms with van der Waals surface area (Å²) in [5.41, 5.74) is 2.85. The van der Waals surface area contributed by atoms with Gasteiger partial charge in [0.2, 0.25) is 0 Å². The molecule has 5 heteroatoms. The second-order valence-corrected chi connectivity index (χ2v) is 6.09. The minimum atomic E-state index is -0.278. The van der Waals surface area contributed by atoms with Gasteiger partial charge in [-0.15, -0.1) is 0 Å². The minimum absolute atomic E-state index is 0.119. The molecule has 3 rings (SSSR count). The molecule has 4 nitrogen and oxygen atoms in total. The van der Waals surface area contributed by atoms with Gasteiger partial charge >= 0.3 is 5.97 Å². The first-order chi connectivity index (χ1) is 10.1. The average Bonchev–Trinajstić information content (AvgIpc) is 2.99. The predicted molar refractivity (Wildman–Crippen MR) is 83.8 cm³/mol. The Morgan fingerprint density at radius 3 is 2.62 bits per heavy atom. The van der Waals surface area contributed by atoms with Crippen molar-refractivity contribution in [1.82, 2.24) is 9.38 Å². The third kappa shape index (κ3) is 2.56. The Kier molecular flexibility index (Phi) is 3.51. The third-order valence-electron chi connectivity index (χ3n) is 3.15. The number of carbonyl (C=O) groups excluding carboxylic acids is 1. The largest absolute Gasteiger partial charge is 0.459 e. The molecule has 0 bridgehead atoms. The third-order valence-corrected chi connectivity index (χ3v) is 4.29. The molecule has 0 radical (unpaired) electrons. The van der Waals surface area contributed by atoms with E-state index in [4.69, 9.17) is 4.74 Å². The van der Waals surface area contributed by atoms with Gasteiger partial charge in [-0.05, 0) is 20.8 Å². The fourth-order valence-electron chi connectivity index (χ4n) is 2.16. The topological polar surface area (TPSA) is 43.6 Å². The lowest BCUT2D eigenvalue weighted by Crippen LogP contribution is -2.11. The van der Waals surface area contributed by atoms with E-state index in [1.165, 1.54) is 11.3 Å². The molecular formula is C16H16N2O2S. The van der Waals surface area contributed by atoms with Gasteiger partial charge < -0.3 is 4.74 Å². The molecule has 0 aliphatic heterocycles. The Morgan fingerprint density at radius 1 is 1.29 bits per heavy atom. The SMILES string of the molecule is Cc1c(C(=O)OC(C)C)sc2nc(-c3ccccc3)cn12. The molecule has 0 spiro atoms. The molecule has 108 valence electrons. The maximum atomic E-state index is 12.0. The van der Waals surface area contributed by atoms with E-state index in [9.17, 15) is 4.79 Å². The van der Waals surface area contributed by atoms with Crippen LogP contribution in [0.5, 0.6) is 0 Å². The standard InChI is InChI=1S/C16H16N2O2S/c1-10(2)20-15(19)14-11(3)18-9-13(17-16(18)21-14)12-7-5-4-6-8-12/h4-10H,1-3H3. The molecule has 2 heterocycles. The van der Waals surface area contributed by atoms with Crippen LogP contribution in [0.3, 0.4) is 0 Å². The predicted octanol–water partition coefficient (Wildman–Crippen LogP) is 3.94. The summed E-state index contributed by atoms with van der Waals surface area (Å²) in [6, 6.07) is 10.0. The van der Waals surface area contributed by atoms with E-state index in [0.29, 0.717) is 4.88 Å². The van der Waals surface area contributed by atoms with Crippen LogP contribution >= 0.6 is 11.3 Å². The molecule has 21 heavy (non-hydrogen) atoms. The average molecular weight is 300 g/mol. The van der Waals surface area contributed by atoms with Gasteiger partial charge in [0.05, 0.1) is 11.8 Å². The van der Waals surface area contributed by atoms with Crippen molar-refractivity contribution in [2.24, 2.45) is 0 Å². The van der Waals surface area contributed by atoms with Crippen LogP contribution in [0.4, 0.5) is 0 Å². The van der Waals surface area contributed by atoms with Crippen molar-refractivity contribution >= 4 is 22.3 Å². The molecular weight excluding hydrogens is 284 g/mol. The number of benzene rings is 1. The zero-order valence-electron chi connectivity index (χ0n) is 12.2. The molecule has 0 amide bonds. The zero-order chi connectivity index (χ0) is 15.0. The fraction of sp³-hybridized carbons (Fsp3) is 0.250. The van der Waals surface area contributed by atoms with E-state index in [1.807, 2.05) is 61.7 Å². The number of nitrogens with zero attached hydrogens (tertiary/aromatic N) is 2. The molecule has 0 N–H and O–H groups in total. The second-order valence-electron chi connectivity index (χ2n) is 5.12. The summed E-state index contributed by atoms with van der Waals surface area (Å²) < 4.78 is 7.21. The van der Waals surface area contributed by atoms with Crippen molar-refractivity contribution in [2.45, 2.75) is 26.9 Å². The molecule has 3 aromatic rings. The Balaban J connectivity index is 2.00. The number of fused-ring (bicyclic) bond motifs is 1. The van der Waals surface area contributed by atoms with Gasteiger partial charge in [0.1, 0.15) is 4.88 Å². The lowest BCUT2D eigenvalue weighted by molar-refractivity contribution is 0.0382. The number of imidazole rings is 1. The molecule has 0 unspecified atom stereocenters. The summed E-state index contributed by atoms with van der Waals surface area (Å²) in [7, 11) is 0. The molecule has 0 aliphatic rings. The molecule has 0 fully saturated rings. The molecule has 0 saturated heterocycles. The summed E-state index contributed by atoms with van der Waals surface area (Å²) >= 11 is 1.37. The summed E-state index contributed by atoms with van der Waals surface area (Å²) in [6.45, 7) is 5.61. The second kappa shape index (κ2) is 5.33. The summed E-state index contributed by atoms with van der Waals surface area (Å²) in [4.78, 5) is 18.1. The van der Waals surface area contributed by atoms with E-state index < -0.39 is 0 Å². The van der Waals surface area contributed by atoms with Crippen LogP contribution in [-0.4, -0.2) is 21.5 Å². The number of hydrogen-bond donors (Lipinski definition) is 0. The number of aryl methyl sites for hydroxylation is 1. The summed E-state index contributed by atoms with van der Waals surface area (Å²) in [5, 5.41) is 0. The number of thiazole rings is 1. The zero-order valence-corrected chi connectivity index (χ0v) is 13.0. The number of esters is 1. The highest BCUT2D eigenvalue weighted by atomic mass is 32.1. The van der Waals surface area contributed by atoms with Gasteiger partial charge in [0.25, 0.3) is 0 Å². The van der Waals surface area contributed by atoms with Crippen LogP contribution in [0.2, 0.25) is 0 Å². The van der Waals surface area contributed by atoms with Gasteiger partial charge in [-0.3, -0.25) is 4.40 Å².